The van der Waals surface area contributed by atoms with Crippen molar-refractivity contribution < 1.29 is 9.59 Å². The lowest BCUT2D eigenvalue weighted by Gasteiger charge is -2.24. The Morgan fingerprint density at radius 1 is 1.45 bits per heavy atom. The summed E-state index contributed by atoms with van der Waals surface area (Å²) in [5.74, 6) is 0.0150. The van der Waals surface area contributed by atoms with E-state index >= 15 is 0 Å². The minimum Gasteiger partial charge on any atom is -0.330 e. The van der Waals surface area contributed by atoms with Crippen LogP contribution in [0.2, 0.25) is 0 Å². The first-order chi connectivity index (χ1) is 5.04. The summed E-state index contributed by atoms with van der Waals surface area (Å²) >= 11 is 0. The van der Waals surface area contributed by atoms with Crippen LogP contribution >= 0.6 is 0 Å². The lowest BCUT2D eigenvalue weighted by atomic mass is 10.2. The van der Waals surface area contributed by atoms with Crippen molar-refractivity contribution >= 4 is 11.7 Å². The molecule has 3 nitrogen and oxygen atoms in total. The largest absolute Gasteiger partial charge is 0.330 e. The molecule has 1 aliphatic heterocycles. The molecule has 1 atom stereocenters. The molecule has 1 fully saturated rings. The summed E-state index contributed by atoms with van der Waals surface area (Å²) in [5.41, 5.74) is 0. The highest BCUT2D eigenvalue weighted by Crippen LogP contribution is 2.17. The van der Waals surface area contributed by atoms with E-state index in [4.69, 9.17) is 0 Å². The van der Waals surface area contributed by atoms with Gasteiger partial charge in [-0.15, -0.1) is 0 Å². The standard InChI is InChI=1S/C8H13NO2/c1-5(2)9-6(3)7(10)4-8(9)11/h5-6H,4H2,1-3H3/t6-/m0/s1. The molecule has 1 heterocycles. The summed E-state index contributed by atoms with van der Waals surface area (Å²) in [6.07, 6.45) is 0.0966. The van der Waals surface area contributed by atoms with Crippen molar-refractivity contribution in [1.29, 1.82) is 0 Å². The van der Waals surface area contributed by atoms with Crippen molar-refractivity contribution in [2.45, 2.75) is 39.3 Å². The summed E-state index contributed by atoms with van der Waals surface area (Å²) in [7, 11) is 0. The number of ketones is 1. The summed E-state index contributed by atoms with van der Waals surface area (Å²) in [4.78, 5) is 23.8. The van der Waals surface area contributed by atoms with E-state index in [-0.39, 0.29) is 30.2 Å². The monoisotopic (exact) mass is 155 g/mol. The van der Waals surface area contributed by atoms with Gasteiger partial charge in [0, 0.05) is 6.04 Å². The second-order valence-corrected chi connectivity index (χ2v) is 3.21. The van der Waals surface area contributed by atoms with Crippen LogP contribution < -0.4 is 0 Å². The number of hydrogen-bond donors (Lipinski definition) is 0. The molecule has 1 amide bonds. The van der Waals surface area contributed by atoms with E-state index in [1.165, 1.54) is 0 Å². The number of rotatable bonds is 1. The van der Waals surface area contributed by atoms with Gasteiger partial charge in [0.2, 0.25) is 5.91 Å². The maximum absolute atomic E-state index is 11.1. The van der Waals surface area contributed by atoms with Gasteiger partial charge in [-0.1, -0.05) is 0 Å². The van der Waals surface area contributed by atoms with E-state index in [0.717, 1.165) is 0 Å². The van der Waals surface area contributed by atoms with Gasteiger partial charge in [-0.25, -0.2) is 0 Å². The third kappa shape index (κ3) is 1.27. The molecule has 1 rings (SSSR count). The maximum atomic E-state index is 11.1. The molecule has 1 saturated heterocycles. The van der Waals surface area contributed by atoms with Crippen LogP contribution in [0.3, 0.4) is 0 Å². The van der Waals surface area contributed by atoms with Gasteiger partial charge >= 0.3 is 0 Å². The van der Waals surface area contributed by atoms with E-state index in [2.05, 4.69) is 0 Å². The highest BCUT2D eigenvalue weighted by atomic mass is 16.2. The van der Waals surface area contributed by atoms with Gasteiger partial charge in [-0.3, -0.25) is 9.59 Å². The van der Waals surface area contributed by atoms with E-state index in [1.807, 2.05) is 13.8 Å². The van der Waals surface area contributed by atoms with Crippen molar-refractivity contribution in [3.63, 3.8) is 0 Å². The maximum Gasteiger partial charge on any atom is 0.230 e. The van der Waals surface area contributed by atoms with Crippen molar-refractivity contribution in [2.75, 3.05) is 0 Å². The van der Waals surface area contributed by atoms with Crippen LogP contribution in [0.15, 0.2) is 0 Å². The highest BCUT2D eigenvalue weighted by Gasteiger charge is 2.36. The van der Waals surface area contributed by atoms with Crippen LogP contribution in [-0.2, 0) is 9.59 Å². The number of nitrogens with zero attached hydrogens (tertiary/aromatic N) is 1. The minimum absolute atomic E-state index is 0.0301. The lowest BCUT2D eigenvalue weighted by Crippen LogP contribution is -2.38. The fraction of sp³-hybridized carbons (Fsp3) is 0.750. The zero-order chi connectivity index (χ0) is 8.59. The zero-order valence-electron chi connectivity index (χ0n) is 7.13. The molecule has 0 bridgehead atoms. The van der Waals surface area contributed by atoms with Gasteiger partial charge in [0.05, 0.1) is 12.5 Å². The topological polar surface area (TPSA) is 37.4 Å². The van der Waals surface area contributed by atoms with E-state index in [1.54, 1.807) is 11.8 Å². The van der Waals surface area contributed by atoms with Crippen LogP contribution in [0.1, 0.15) is 27.2 Å². The molecule has 0 aliphatic carbocycles. The molecule has 0 aromatic rings. The lowest BCUT2D eigenvalue weighted by molar-refractivity contribution is -0.130. The number of amides is 1. The van der Waals surface area contributed by atoms with Crippen LogP contribution in [-0.4, -0.2) is 28.7 Å². The quantitative estimate of drug-likeness (QED) is 0.519. The van der Waals surface area contributed by atoms with Crippen molar-refractivity contribution in [3.05, 3.63) is 0 Å². The Morgan fingerprint density at radius 2 is 2.00 bits per heavy atom. The summed E-state index contributed by atoms with van der Waals surface area (Å²) < 4.78 is 0. The molecule has 0 aromatic heterocycles. The van der Waals surface area contributed by atoms with Crippen molar-refractivity contribution in [1.82, 2.24) is 4.90 Å². The fourth-order valence-electron chi connectivity index (χ4n) is 1.49. The number of likely N-dealkylation sites (tertiary alicyclic amines) is 1. The molecular weight excluding hydrogens is 142 g/mol. The normalized spacial score (nSPS) is 25.5. The van der Waals surface area contributed by atoms with Gasteiger partial charge in [-0.05, 0) is 20.8 Å². The number of carbonyl (C=O) groups is 2. The van der Waals surface area contributed by atoms with Crippen LogP contribution in [0.5, 0.6) is 0 Å². The predicted molar refractivity (Wildman–Crippen MR) is 41.1 cm³/mol. The zero-order valence-corrected chi connectivity index (χ0v) is 7.13. The second kappa shape index (κ2) is 2.64. The van der Waals surface area contributed by atoms with Crippen LogP contribution in [0.25, 0.3) is 0 Å². The van der Waals surface area contributed by atoms with Gasteiger partial charge in [0.15, 0.2) is 5.78 Å². The van der Waals surface area contributed by atoms with Crippen molar-refractivity contribution in [2.24, 2.45) is 0 Å². The highest BCUT2D eigenvalue weighted by molar-refractivity contribution is 6.07. The molecule has 11 heavy (non-hydrogen) atoms. The smallest absolute Gasteiger partial charge is 0.230 e. The molecule has 3 heteroatoms. The Kier molecular flexibility index (Phi) is 1.98. The first kappa shape index (κ1) is 8.24. The Hall–Kier alpha value is -0.860. The van der Waals surface area contributed by atoms with Gasteiger partial charge in [0.25, 0.3) is 0 Å². The Balaban J connectivity index is 2.79. The Morgan fingerprint density at radius 3 is 2.18 bits per heavy atom. The Labute approximate surface area is 66.4 Å². The number of Topliss-reactive ketones (excluding diaryl/α,β-unsaturated/α-hetero) is 1. The molecule has 1 aliphatic rings. The number of hydrogen-bond acceptors (Lipinski definition) is 2. The second-order valence-electron chi connectivity index (χ2n) is 3.21. The van der Waals surface area contributed by atoms with Gasteiger partial charge < -0.3 is 4.90 Å². The van der Waals surface area contributed by atoms with Crippen LogP contribution in [0, 0.1) is 0 Å². The third-order valence-electron chi connectivity index (χ3n) is 2.05. The molecular formula is C8H13NO2. The van der Waals surface area contributed by atoms with Gasteiger partial charge in [0.1, 0.15) is 0 Å². The summed E-state index contributed by atoms with van der Waals surface area (Å²) in [6, 6.07) is -0.0635. The Bertz CT molecular complexity index is 198. The summed E-state index contributed by atoms with van der Waals surface area (Å²) in [6.45, 7) is 5.63. The fourth-order valence-corrected chi connectivity index (χ4v) is 1.49. The van der Waals surface area contributed by atoms with E-state index in [0.29, 0.717) is 0 Å². The SMILES string of the molecule is CC(C)N1C(=O)CC(=O)[C@@H]1C. The molecule has 0 unspecified atom stereocenters. The first-order valence-electron chi connectivity index (χ1n) is 3.88. The van der Waals surface area contributed by atoms with E-state index < -0.39 is 0 Å². The third-order valence-corrected chi connectivity index (χ3v) is 2.05. The minimum atomic E-state index is -0.206. The molecule has 0 spiro atoms. The number of carbonyl (C=O) groups excluding carboxylic acids is 2. The van der Waals surface area contributed by atoms with Gasteiger partial charge in [-0.2, -0.15) is 0 Å². The average Bonchev–Trinajstić information content (AvgIpc) is 2.07. The average molecular weight is 155 g/mol. The molecule has 0 aromatic carbocycles. The molecule has 0 radical (unpaired) electrons. The predicted octanol–water partition coefficient (Wildman–Crippen LogP) is 0.585. The molecule has 0 N–H and O–H groups in total. The van der Waals surface area contributed by atoms with Crippen LogP contribution in [0.4, 0.5) is 0 Å². The molecule has 0 saturated carbocycles. The van der Waals surface area contributed by atoms with Crippen molar-refractivity contribution in [3.8, 4) is 0 Å². The summed E-state index contributed by atoms with van der Waals surface area (Å²) in [5, 5.41) is 0. The first-order valence-corrected chi connectivity index (χ1v) is 3.88. The molecule has 62 valence electrons. The van der Waals surface area contributed by atoms with E-state index in [9.17, 15) is 9.59 Å².